The highest BCUT2D eigenvalue weighted by Gasteiger charge is 2.29. The first kappa shape index (κ1) is 26.3. The highest BCUT2D eigenvalue weighted by atomic mass is 16.5. The zero-order chi connectivity index (χ0) is 20.9. The fourth-order valence-electron chi connectivity index (χ4n) is 3.44. The van der Waals surface area contributed by atoms with Gasteiger partial charge in [-0.25, -0.2) is 0 Å². The number of carbonyl (C=O) groups excluding carboxylic acids is 1. The lowest BCUT2D eigenvalue weighted by molar-refractivity contribution is -0.182. The normalized spacial score (nSPS) is 15.2. The minimum absolute atomic E-state index is 0.0343. The van der Waals surface area contributed by atoms with Gasteiger partial charge in [0.2, 0.25) is 5.79 Å². The van der Waals surface area contributed by atoms with Crippen LogP contribution in [-0.2, 0) is 4.79 Å². The Balaban J connectivity index is 3.85. The van der Waals surface area contributed by atoms with Crippen LogP contribution in [0, 0.1) is 17.8 Å². The Morgan fingerprint density at radius 2 is 1.37 bits per heavy atom. The van der Waals surface area contributed by atoms with Crippen LogP contribution < -0.4 is 0 Å². The molecule has 0 saturated carbocycles. The van der Waals surface area contributed by atoms with Gasteiger partial charge in [0.15, 0.2) is 5.78 Å². The van der Waals surface area contributed by atoms with Crippen LogP contribution in [0.1, 0.15) is 112 Å². The number of hydrogen-bond acceptors (Lipinski definition) is 3. The number of allylic oxidation sites excluding steroid dienone is 2. The van der Waals surface area contributed by atoms with Gasteiger partial charge in [0.05, 0.1) is 0 Å². The van der Waals surface area contributed by atoms with E-state index in [-0.39, 0.29) is 12.8 Å². The molecule has 3 nitrogen and oxygen atoms in total. The van der Waals surface area contributed by atoms with Crippen LogP contribution in [0.25, 0.3) is 0 Å². The first-order valence-electron chi connectivity index (χ1n) is 11.2. The van der Waals surface area contributed by atoms with E-state index in [0.29, 0.717) is 0 Å². The maximum absolute atomic E-state index is 11.7. The standard InChI is InChI=1S/C24H46O3/c1-7-24(26,27)23(25)18-17-22(6)16-10-15-21(5)14-9-13-20(4)12-8-11-19(2)3/h17,19-21,26-27H,7-16,18H2,1-6H3. The van der Waals surface area contributed by atoms with Crippen LogP contribution in [0.4, 0.5) is 0 Å². The van der Waals surface area contributed by atoms with E-state index in [4.69, 9.17) is 0 Å². The number of Topliss-reactive ketones (excluding diaryl/α,β-unsaturated/α-hetero) is 1. The Bertz CT molecular complexity index is 423. The van der Waals surface area contributed by atoms with Crippen molar-refractivity contribution >= 4 is 5.78 Å². The number of hydrogen-bond donors (Lipinski definition) is 2. The molecule has 0 aliphatic carbocycles. The predicted octanol–water partition coefficient (Wildman–Crippen LogP) is 6.42. The van der Waals surface area contributed by atoms with Crippen molar-refractivity contribution in [1.29, 1.82) is 0 Å². The largest absolute Gasteiger partial charge is 0.360 e. The predicted molar refractivity (Wildman–Crippen MR) is 116 cm³/mol. The molecule has 27 heavy (non-hydrogen) atoms. The fraction of sp³-hybridized carbons (Fsp3) is 0.875. The summed E-state index contributed by atoms with van der Waals surface area (Å²) in [5, 5.41) is 19.0. The summed E-state index contributed by atoms with van der Waals surface area (Å²) in [7, 11) is 0. The molecule has 2 N–H and O–H groups in total. The molecular weight excluding hydrogens is 336 g/mol. The second-order valence-corrected chi connectivity index (χ2v) is 9.21. The number of carbonyl (C=O) groups is 1. The molecule has 0 fully saturated rings. The molecule has 0 bridgehead atoms. The van der Waals surface area contributed by atoms with E-state index in [0.717, 1.165) is 30.6 Å². The Morgan fingerprint density at radius 3 is 1.85 bits per heavy atom. The first-order valence-corrected chi connectivity index (χ1v) is 11.2. The molecule has 2 atom stereocenters. The van der Waals surface area contributed by atoms with Crippen molar-refractivity contribution in [1.82, 2.24) is 0 Å². The summed E-state index contributed by atoms with van der Waals surface area (Å²) in [5.74, 6) is -0.247. The van der Waals surface area contributed by atoms with Crippen LogP contribution in [-0.4, -0.2) is 21.8 Å². The molecule has 2 unspecified atom stereocenters. The third-order valence-corrected chi connectivity index (χ3v) is 5.72. The molecule has 0 rings (SSSR count). The minimum atomic E-state index is -2.17. The Morgan fingerprint density at radius 1 is 0.889 bits per heavy atom. The second-order valence-electron chi connectivity index (χ2n) is 9.21. The summed E-state index contributed by atoms with van der Waals surface area (Å²) in [6.45, 7) is 13.0. The van der Waals surface area contributed by atoms with Crippen LogP contribution in [0.2, 0.25) is 0 Å². The van der Waals surface area contributed by atoms with E-state index in [1.807, 2.05) is 13.0 Å². The SMILES string of the molecule is CCC(O)(O)C(=O)CC=C(C)CCCC(C)CCCC(C)CCCC(C)C. The molecule has 0 aromatic carbocycles. The van der Waals surface area contributed by atoms with Gasteiger partial charge >= 0.3 is 0 Å². The van der Waals surface area contributed by atoms with Crippen LogP contribution in [0.5, 0.6) is 0 Å². The Labute approximate surface area is 168 Å². The molecule has 0 radical (unpaired) electrons. The quantitative estimate of drug-likeness (QED) is 0.239. The maximum atomic E-state index is 11.7. The molecule has 0 aromatic heterocycles. The molecule has 0 aromatic rings. The third kappa shape index (κ3) is 14.0. The summed E-state index contributed by atoms with van der Waals surface area (Å²) in [6.07, 6.45) is 13.4. The molecule has 0 heterocycles. The van der Waals surface area contributed by atoms with E-state index >= 15 is 0 Å². The molecule has 160 valence electrons. The lowest BCUT2D eigenvalue weighted by Crippen LogP contribution is -2.37. The summed E-state index contributed by atoms with van der Waals surface area (Å²) >= 11 is 0. The lowest BCUT2D eigenvalue weighted by Gasteiger charge is -2.17. The van der Waals surface area contributed by atoms with E-state index < -0.39 is 11.6 Å². The van der Waals surface area contributed by atoms with Gasteiger partial charge in [-0.2, -0.15) is 0 Å². The van der Waals surface area contributed by atoms with Gasteiger partial charge in [-0.05, 0) is 37.5 Å². The van der Waals surface area contributed by atoms with Gasteiger partial charge < -0.3 is 10.2 Å². The molecule has 0 aliphatic rings. The molecular formula is C24H46O3. The lowest BCUT2D eigenvalue weighted by atomic mass is 9.91. The monoisotopic (exact) mass is 382 g/mol. The van der Waals surface area contributed by atoms with Gasteiger partial charge in [-0.3, -0.25) is 4.79 Å². The van der Waals surface area contributed by atoms with E-state index in [1.54, 1.807) is 6.92 Å². The van der Waals surface area contributed by atoms with Crippen molar-refractivity contribution < 1.29 is 15.0 Å². The van der Waals surface area contributed by atoms with Crippen molar-refractivity contribution in [2.24, 2.45) is 17.8 Å². The second kappa shape index (κ2) is 14.3. The topological polar surface area (TPSA) is 57.5 Å². The van der Waals surface area contributed by atoms with Gasteiger partial charge in [0, 0.05) is 12.8 Å². The van der Waals surface area contributed by atoms with Crippen LogP contribution in [0.15, 0.2) is 11.6 Å². The number of rotatable bonds is 16. The molecule has 0 aliphatic heterocycles. The average Bonchev–Trinajstić information content (AvgIpc) is 2.59. The summed E-state index contributed by atoms with van der Waals surface area (Å²) in [4.78, 5) is 11.7. The van der Waals surface area contributed by atoms with Gasteiger partial charge in [0.25, 0.3) is 0 Å². The highest BCUT2D eigenvalue weighted by molar-refractivity contribution is 5.86. The summed E-state index contributed by atoms with van der Waals surface area (Å²) < 4.78 is 0. The van der Waals surface area contributed by atoms with Crippen LogP contribution in [0.3, 0.4) is 0 Å². The zero-order valence-electron chi connectivity index (χ0n) is 18.9. The first-order chi connectivity index (χ1) is 12.6. The van der Waals surface area contributed by atoms with E-state index in [2.05, 4.69) is 27.7 Å². The zero-order valence-corrected chi connectivity index (χ0v) is 18.9. The summed E-state index contributed by atoms with van der Waals surface area (Å²) in [6, 6.07) is 0. The average molecular weight is 383 g/mol. The minimum Gasteiger partial charge on any atom is -0.360 e. The number of ketones is 1. The Kier molecular flexibility index (Phi) is 14.0. The van der Waals surface area contributed by atoms with Crippen molar-refractivity contribution in [2.45, 2.75) is 118 Å². The van der Waals surface area contributed by atoms with Crippen molar-refractivity contribution in [3.05, 3.63) is 11.6 Å². The van der Waals surface area contributed by atoms with Crippen LogP contribution >= 0.6 is 0 Å². The van der Waals surface area contributed by atoms with Gasteiger partial charge in [0.1, 0.15) is 0 Å². The third-order valence-electron chi connectivity index (χ3n) is 5.72. The maximum Gasteiger partial charge on any atom is 0.223 e. The van der Waals surface area contributed by atoms with E-state index in [1.165, 1.54) is 50.5 Å². The molecule has 0 spiro atoms. The van der Waals surface area contributed by atoms with Gasteiger partial charge in [-0.1, -0.05) is 91.2 Å². The Hall–Kier alpha value is -0.670. The van der Waals surface area contributed by atoms with Crippen molar-refractivity contribution in [2.75, 3.05) is 0 Å². The van der Waals surface area contributed by atoms with Crippen molar-refractivity contribution in [3.8, 4) is 0 Å². The molecule has 0 saturated heterocycles. The summed E-state index contributed by atoms with van der Waals surface area (Å²) in [5.41, 5.74) is 1.17. The molecule has 0 amide bonds. The van der Waals surface area contributed by atoms with Gasteiger partial charge in [-0.15, -0.1) is 0 Å². The smallest absolute Gasteiger partial charge is 0.223 e. The fourth-order valence-corrected chi connectivity index (χ4v) is 3.44. The number of aliphatic hydroxyl groups is 2. The highest BCUT2D eigenvalue weighted by Crippen LogP contribution is 2.22. The van der Waals surface area contributed by atoms with E-state index in [9.17, 15) is 15.0 Å². The van der Waals surface area contributed by atoms with Crippen molar-refractivity contribution in [3.63, 3.8) is 0 Å². The molecule has 3 heteroatoms.